The molecule has 30 heavy (non-hydrogen) atoms. The fourth-order valence-corrected chi connectivity index (χ4v) is 3.68. The molecular weight excluding hydrogens is 400 g/mol. The number of ether oxygens (including phenoxy) is 1. The summed E-state index contributed by atoms with van der Waals surface area (Å²) in [4.78, 5) is 38.7. The molecule has 3 amide bonds. The van der Waals surface area contributed by atoms with Gasteiger partial charge in [0.25, 0.3) is 11.1 Å². The number of nitrogens with zero attached hydrogens (tertiary/aromatic N) is 1. The minimum Gasteiger partial charge on any atom is -0.490 e. The van der Waals surface area contributed by atoms with Gasteiger partial charge in [-0.3, -0.25) is 19.3 Å². The summed E-state index contributed by atoms with van der Waals surface area (Å²) >= 11 is 0.824. The molecule has 0 saturated carbocycles. The van der Waals surface area contributed by atoms with Crippen LogP contribution in [0.25, 0.3) is 6.08 Å². The normalized spacial score (nSPS) is 16.1. The van der Waals surface area contributed by atoms with E-state index in [1.54, 1.807) is 12.1 Å². The quantitative estimate of drug-likeness (QED) is 0.643. The lowest BCUT2D eigenvalue weighted by molar-refractivity contribution is -0.127. The van der Waals surface area contributed by atoms with Gasteiger partial charge in [-0.1, -0.05) is 37.3 Å². The summed E-state index contributed by atoms with van der Waals surface area (Å²) < 4.78 is 5.91. The van der Waals surface area contributed by atoms with E-state index in [1.807, 2.05) is 63.2 Å². The van der Waals surface area contributed by atoms with Crippen LogP contribution < -0.4 is 10.1 Å². The minimum absolute atomic E-state index is 0.0277. The Morgan fingerprint density at radius 3 is 2.70 bits per heavy atom. The standard InChI is InChI=1S/C23H24N2O4S/c1-4-16(3)29-19-11-6-5-9-17(19)13-20-22(27)25(23(28)30-20)14-21(26)24-18-10-7-8-15(2)12-18/h5-13,16H,4,14H2,1-3H3,(H,24,26)/b20-13+/t16-/m1/s1. The molecule has 0 spiro atoms. The van der Waals surface area contributed by atoms with Crippen LogP contribution in [0.2, 0.25) is 0 Å². The number of benzene rings is 2. The van der Waals surface area contributed by atoms with Crippen LogP contribution >= 0.6 is 11.8 Å². The highest BCUT2D eigenvalue weighted by Crippen LogP contribution is 2.34. The summed E-state index contributed by atoms with van der Waals surface area (Å²) in [5, 5.41) is 2.25. The van der Waals surface area contributed by atoms with Crippen molar-refractivity contribution in [3.8, 4) is 5.75 Å². The number of nitrogens with one attached hydrogen (secondary N) is 1. The van der Waals surface area contributed by atoms with E-state index in [2.05, 4.69) is 5.32 Å². The summed E-state index contributed by atoms with van der Waals surface area (Å²) in [6.45, 7) is 5.58. The van der Waals surface area contributed by atoms with Crippen molar-refractivity contribution in [2.24, 2.45) is 0 Å². The summed E-state index contributed by atoms with van der Waals surface area (Å²) in [6.07, 6.45) is 2.52. The number of rotatable bonds is 7. The molecule has 1 atom stereocenters. The molecule has 1 heterocycles. The zero-order valence-corrected chi connectivity index (χ0v) is 18.0. The number of anilines is 1. The lowest BCUT2D eigenvalue weighted by Crippen LogP contribution is -2.36. The van der Waals surface area contributed by atoms with Crippen LogP contribution in [0.4, 0.5) is 10.5 Å². The van der Waals surface area contributed by atoms with Crippen molar-refractivity contribution in [2.45, 2.75) is 33.3 Å². The van der Waals surface area contributed by atoms with Crippen LogP contribution in [-0.4, -0.2) is 34.6 Å². The Bertz CT molecular complexity index is 1000. The molecule has 0 aliphatic carbocycles. The summed E-state index contributed by atoms with van der Waals surface area (Å²) in [5.41, 5.74) is 2.34. The maximum Gasteiger partial charge on any atom is 0.294 e. The SMILES string of the molecule is CC[C@@H](C)Oc1ccccc1/C=C1/SC(=O)N(CC(=O)Nc2cccc(C)c2)C1=O. The average molecular weight is 425 g/mol. The van der Waals surface area contributed by atoms with E-state index in [-0.39, 0.29) is 17.6 Å². The third-order valence-corrected chi connectivity index (χ3v) is 5.49. The Morgan fingerprint density at radius 1 is 1.20 bits per heavy atom. The molecular formula is C23H24N2O4S. The van der Waals surface area contributed by atoms with Gasteiger partial charge < -0.3 is 10.1 Å². The molecule has 0 bridgehead atoms. The largest absolute Gasteiger partial charge is 0.490 e. The van der Waals surface area contributed by atoms with Gasteiger partial charge in [0.05, 0.1) is 11.0 Å². The molecule has 1 fully saturated rings. The number of carbonyl (C=O) groups is 3. The van der Waals surface area contributed by atoms with Crippen molar-refractivity contribution in [3.63, 3.8) is 0 Å². The predicted octanol–water partition coefficient (Wildman–Crippen LogP) is 4.85. The zero-order valence-electron chi connectivity index (χ0n) is 17.2. The first kappa shape index (κ1) is 21.6. The molecule has 1 saturated heterocycles. The molecule has 0 unspecified atom stereocenters. The van der Waals surface area contributed by atoms with E-state index in [1.165, 1.54) is 0 Å². The molecule has 0 radical (unpaired) electrons. The van der Waals surface area contributed by atoms with Gasteiger partial charge in [-0.25, -0.2) is 0 Å². The van der Waals surface area contributed by atoms with Gasteiger partial charge >= 0.3 is 0 Å². The second-order valence-electron chi connectivity index (χ2n) is 7.06. The minimum atomic E-state index is -0.484. The van der Waals surface area contributed by atoms with Gasteiger partial charge in [0.1, 0.15) is 12.3 Å². The van der Waals surface area contributed by atoms with Crippen LogP contribution in [-0.2, 0) is 9.59 Å². The van der Waals surface area contributed by atoms with Crippen molar-refractivity contribution in [1.29, 1.82) is 0 Å². The number of thioether (sulfide) groups is 1. The summed E-state index contributed by atoms with van der Waals surface area (Å²) in [5.74, 6) is -0.261. The third-order valence-electron chi connectivity index (χ3n) is 4.59. The van der Waals surface area contributed by atoms with Gasteiger partial charge in [-0.15, -0.1) is 0 Å². The molecule has 7 heteroatoms. The maximum absolute atomic E-state index is 12.7. The molecule has 2 aromatic rings. The Labute approximate surface area is 180 Å². The highest BCUT2D eigenvalue weighted by atomic mass is 32.2. The van der Waals surface area contributed by atoms with Crippen LogP contribution in [0.3, 0.4) is 0 Å². The van der Waals surface area contributed by atoms with E-state index in [9.17, 15) is 14.4 Å². The summed E-state index contributed by atoms with van der Waals surface area (Å²) in [6, 6.07) is 14.7. The molecule has 6 nitrogen and oxygen atoms in total. The number of imide groups is 1. The second-order valence-corrected chi connectivity index (χ2v) is 8.05. The molecule has 3 rings (SSSR count). The Balaban J connectivity index is 1.72. The fraction of sp³-hybridized carbons (Fsp3) is 0.261. The lowest BCUT2D eigenvalue weighted by atomic mass is 10.1. The van der Waals surface area contributed by atoms with E-state index in [0.29, 0.717) is 17.0 Å². The Hall–Kier alpha value is -3.06. The second kappa shape index (κ2) is 9.63. The van der Waals surface area contributed by atoms with Crippen LogP contribution in [0.1, 0.15) is 31.4 Å². The Kier molecular flexibility index (Phi) is 6.95. The molecule has 0 aromatic heterocycles. The zero-order chi connectivity index (χ0) is 21.7. The molecule has 2 aromatic carbocycles. The molecule has 1 N–H and O–H groups in total. The van der Waals surface area contributed by atoms with E-state index in [4.69, 9.17) is 4.74 Å². The van der Waals surface area contributed by atoms with Crippen molar-refractivity contribution >= 4 is 40.6 Å². The number of hydrogen-bond acceptors (Lipinski definition) is 5. The van der Waals surface area contributed by atoms with Gasteiger partial charge in [0.2, 0.25) is 5.91 Å². The van der Waals surface area contributed by atoms with Crippen LogP contribution in [0, 0.1) is 6.92 Å². The first-order valence-electron chi connectivity index (χ1n) is 9.75. The van der Waals surface area contributed by atoms with Crippen LogP contribution in [0.5, 0.6) is 5.75 Å². The topological polar surface area (TPSA) is 75.7 Å². The number of aryl methyl sites for hydroxylation is 1. The fourth-order valence-electron chi connectivity index (χ4n) is 2.85. The number of amides is 3. The smallest absolute Gasteiger partial charge is 0.294 e. The van der Waals surface area contributed by atoms with Gasteiger partial charge in [-0.2, -0.15) is 0 Å². The molecule has 1 aliphatic rings. The molecule has 156 valence electrons. The highest BCUT2D eigenvalue weighted by molar-refractivity contribution is 8.18. The Morgan fingerprint density at radius 2 is 1.97 bits per heavy atom. The first-order valence-corrected chi connectivity index (χ1v) is 10.6. The van der Waals surface area contributed by atoms with Gasteiger partial charge in [-0.05, 0) is 61.9 Å². The summed E-state index contributed by atoms with van der Waals surface area (Å²) in [7, 11) is 0. The van der Waals surface area contributed by atoms with Crippen molar-refractivity contribution in [2.75, 3.05) is 11.9 Å². The number of para-hydroxylation sites is 1. The predicted molar refractivity (Wildman–Crippen MR) is 119 cm³/mol. The highest BCUT2D eigenvalue weighted by Gasteiger charge is 2.36. The lowest BCUT2D eigenvalue weighted by Gasteiger charge is -2.15. The van der Waals surface area contributed by atoms with Crippen molar-refractivity contribution in [1.82, 2.24) is 4.90 Å². The average Bonchev–Trinajstić information content (AvgIpc) is 2.96. The van der Waals surface area contributed by atoms with Crippen molar-refractivity contribution in [3.05, 3.63) is 64.6 Å². The monoisotopic (exact) mass is 424 g/mol. The van der Waals surface area contributed by atoms with Crippen LogP contribution in [0.15, 0.2) is 53.4 Å². The number of carbonyl (C=O) groups excluding carboxylic acids is 3. The van der Waals surface area contributed by atoms with E-state index >= 15 is 0 Å². The molecule has 1 aliphatic heterocycles. The third kappa shape index (κ3) is 5.30. The number of hydrogen-bond donors (Lipinski definition) is 1. The maximum atomic E-state index is 12.7. The van der Waals surface area contributed by atoms with E-state index < -0.39 is 17.1 Å². The first-order chi connectivity index (χ1) is 14.4. The van der Waals surface area contributed by atoms with Gasteiger partial charge in [0.15, 0.2) is 0 Å². The van der Waals surface area contributed by atoms with E-state index in [0.717, 1.165) is 28.6 Å². The van der Waals surface area contributed by atoms with Crippen molar-refractivity contribution < 1.29 is 19.1 Å². The van der Waals surface area contributed by atoms with Gasteiger partial charge in [0, 0.05) is 11.3 Å².